The Morgan fingerprint density at radius 1 is 1.11 bits per heavy atom. The third-order valence-electron chi connectivity index (χ3n) is 4.66. The molecule has 1 amide bonds. The molecule has 0 atom stereocenters. The van der Waals surface area contributed by atoms with Gasteiger partial charge >= 0.3 is 0 Å². The second-order valence-corrected chi connectivity index (χ2v) is 8.58. The van der Waals surface area contributed by atoms with Crippen molar-refractivity contribution in [2.75, 3.05) is 32.2 Å². The molecule has 1 heterocycles. The van der Waals surface area contributed by atoms with Gasteiger partial charge in [0.25, 0.3) is 5.91 Å². The highest BCUT2D eigenvalue weighted by molar-refractivity contribution is 7.15. The van der Waals surface area contributed by atoms with Crippen LogP contribution in [0.2, 0.25) is 5.02 Å². The molecule has 188 valence electrons. The van der Waals surface area contributed by atoms with E-state index in [1.165, 1.54) is 17.4 Å². The summed E-state index contributed by atoms with van der Waals surface area (Å²) in [5.41, 5.74) is 0.381. The summed E-state index contributed by atoms with van der Waals surface area (Å²) in [7, 11) is 1.60. The van der Waals surface area contributed by atoms with Crippen LogP contribution in [0.4, 0.5) is 5.13 Å². The Bertz CT molecular complexity index is 1250. The average molecular weight is 529 g/mol. The molecule has 1 N–H and O–H groups in total. The lowest BCUT2D eigenvalue weighted by Crippen LogP contribution is -2.13. The van der Waals surface area contributed by atoms with Gasteiger partial charge in [-0.25, -0.2) is 0 Å². The summed E-state index contributed by atoms with van der Waals surface area (Å²) >= 11 is 7.72. The molecule has 36 heavy (non-hydrogen) atoms. The van der Waals surface area contributed by atoms with E-state index >= 15 is 0 Å². The Morgan fingerprint density at radius 3 is 2.47 bits per heavy atom. The first-order valence-electron chi connectivity index (χ1n) is 11.1. The summed E-state index contributed by atoms with van der Waals surface area (Å²) in [5.74, 6) is 1.55. The molecule has 11 heteroatoms. The molecule has 0 unspecified atom stereocenters. The molecule has 0 radical (unpaired) electrons. The van der Waals surface area contributed by atoms with Crippen LogP contribution in [0.15, 0.2) is 42.0 Å². The summed E-state index contributed by atoms with van der Waals surface area (Å²) in [5, 5.41) is 21.4. The number of anilines is 1. The predicted octanol–water partition coefficient (Wildman–Crippen LogP) is 5.16. The largest absolute Gasteiger partial charge is 0.497 e. The van der Waals surface area contributed by atoms with Crippen LogP contribution in [0.1, 0.15) is 24.4 Å². The van der Waals surface area contributed by atoms with E-state index in [4.69, 9.17) is 30.5 Å². The van der Waals surface area contributed by atoms with E-state index in [9.17, 15) is 10.1 Å². The minimum atomic E-state index is -0.596. The molecule has 0 bridgehead atoms. The van der Waals surface area contributed by atoms with Crippen LogP contribution in [0.5, 0.6) is 23.0 Å². The number of amides is 1. The molecular weight excluding hydrogens is 504 g/mol. The number of nitriles is 1. The van der Waals surface area contributed by atoms with E-state index in [0.717, 1.165) is 10.8 Å². The monoisotopic (exact) mass is 528 g/mol. The second-order valence-electron chi connectivity index (χ2n) is 7.11. The maximum atomic E-state index is 12.6. The number of benzene rings is 2. The van der Waals surface area contributed by atoms with Gasteiger partial charge in [0.15, 0.2) is 11.5 Å². The summed E-state index contributed by atoms with van der Waals surface area (Å²) in [6.45, 7) is 4.63. The molecule has 0 spiro atoms. The van der Waals surface area contributed by atoms with Gasteiger partial charge in [-0.2, -0.15) is 5.26 Å². The molecule has 0 saturated heterocycles. The molecule has 0 fully saturated rings. The molecule has 0 aliphatic rings. The molecule has 0 aliphatic carbocycles. The fraction of sp³-hybridized carbons (Fsp3) is 0.280. The van der Waals surface area contributed by atoms with Crippen LogP contribution >= 0.6 is 22.9 Å². The van der Waals surface area contributed by atoms with E-state index < -0.39 is 5.91 Å². The van der Waals surface area contributed by atoms with Crippen molar-refractivity contribution >= 4 is 40.1 Å². The van der Waals surface area contributed by atoms with Crippen molar-refractivity contribution in [2.24, 2.45) is 0 Å². The summed E-state index contributed by atoms with van der Waals surface area (Å²) in [6, 6.07) is 12.4. The van der Waals surface area contributed by atoms with Crippen molar-refractivity contribution in [1.82, 2.24) is 10.2 Å². The van der Waals surface area contributed by atoms with Gasteiger partial charge in [0.2, 0.25) is 5.13 Å². The van der Waals surface area contributed by atoms with Crippen LogP contribution in [-0.4, -0.2) is 43.0 Å². The summed E-state index contributed by atoms with van der Waals surface area (Å²) < 4.78 is 22.3. The third kappa shape index (κ3) is 7.34. The number of nitrogens with zero attached hydrogens (tertiary/aromatic N) is 3. The van der Waals surface area contributed by atoms with E-state index in [1.54, 1.807) is 43.5 Å². The zero-order valence-corrected chi connectivity index (χ0v) is 21.6. The van der Waals surface area contributed by atoms with Gasteiger partial charge in [-0.15, -0.1) is 10.2 Å². The molecule has 0 saturated carbocycles. The van der Waals surface area contributed by atoms with E-state index in [0.29, 0.717) is 41.0 Å². The number of rotatable bonds is 12. The molecule has 3 aromatic rings. The van der Waals surface area contributed by atoms with Crippen molar-refractivity contribution < 1.29 is 23.7 Å². The molecule has 0 aliphatic heterocycles. The highest BCUT2D eigenvalue weighted by Gasteiger charge is 2.16. The van der Waals surface area contributed by atoms with Gasteiger partial charge in [-0.3, -0.25) is 10.1 Å². The smallest absolute Gasteiger partial charge is 0.268 e. The SMILES string of the molecule is CCOc1cc(/C=C(/C#N)C(=O)Nc2nnc(CC)s2)cc(Cl)c1OCCOc1ccc(OC)cc1. The lowest BCUT2D eigenvalue weighted by molar-refractivity contribution is -0.112. The summed E-state index contributed by atoms with van der Waals surface area (Å²) in [4.78, 5) is 12.6. The number of ether oxygens (including phenoxy) is 4. The Morgan fingerprint density at radius 2 is 1.83 bits per heavy atom. The second kappa shape index (κ2) is 13.3. The maximum absolute atomic E-state index is 12.6. The number of hydrogen-bond acceptors (Lipinski definition) is 9. The van der Waals surface area contributed by atoms with Gasteiger partial charge in [-0.1, -0.05) is 29.9 Å². The van der Waals surface area contributed by atoms with Gasteiger partial charge in [-0.05, 0) is 61.4 Å². The van der Waals surface area contributed by atoms with Crippen molar-refractivity contribution in [1.29, 1.82) is 5.26 Å². The van der Waals surface area contributed by atoms with Crippen LogP contribution in [0.25, 0.3) is 6.08 Å². The highest BCUT2D eigenvalue weighted by Crippen LogP contribution is 2.37. The first-order valence-corrected chi connectivity index (χ1v) is 12.3. The number of carbonyl (C=O) groups excluding carboxylic acids is 1. The van der Waals surface area contributed by atoms with Gasteiger partial charge in [0.1, 0.15) is 41.4 Å². The topological polar surface area (TPSA) is 116 Å². The van der Waals surface area contributed by atoms with Crippen molar-refractivity contribution in [2.45, 2.75) is 20.3 Å². The third-order valence-corrected chi connectivity index (χ3v) is 5.92. The van der Waals surface area contributed by atoms with E-state index in [1.807, 2.05) is 19.9 Å². The Labute approximate surface area is 218 Å². The van der Waals surface area contributed by atoms with Crippen molar-refractivity contribution in [3.8, 4) is 29.1 Å². The maximum Gasteiger partial charge on any atom is 0.268 e. The number of halogens is 1. The van der Waals surface area contributed by atoms with Crippen molar-refractivity contribution in [3.63, 3.8) is 0 Å². The van der Waals surface area contributed by atoms with Gasteiger partial charge in [0, 0.05) is 0 Å². The van der Waals surface area contributed by atoms with Crippen molar-refractivity contribution in [3.05, 3.63) is 57.6 Å². The van der Waals surface area contributed by atoms with Crippen LogP contribution < -0.4 is 24.3 Å². The quantitative estimate of drug-likeness (QED) is 0.194. The molecular formula is C25H25ClN4O5S. The van der Waals surface area contributed by atoms with E-state index in [2.05, 4.69) is 15.5 Å². The number of carbonyl (C=O) groups is 1. The van der Waals surface area contributed by atoms with Crippen LogP contribution in [-0.2, 0) is 11.2 Å². The Kier molecular flexibility index (Phi) is 9.92. The first kappa shape index (κ1) is 26.8. The van der Waals surface area contributed by atoms with Crippen LogP contribution in [0, 0.1) is 11.3 Å². The summed E-state index contributed by atoms with van der Waals surface area (Å²) in [6.07, 6.45) is 2.12. The molecule has 2 aromatic carbocycles. The Balaban J connectivity index is 1.69. The number of hydrogen-bond donors (Lipinski definition) is 1. The van der Waals surface area contributed by atoms with Gasteiger partial charge < -0.3 is 18.9 Å². The lowest BCUT2D eigenvalue weighted by atomic mass is 10.1. The van der Waals surface area contributed by atoms with E-state index in [-0.39, 0.29) is 23.8 Å². The highest BCUT2D eigenvalue weighted by atomic mass is 35.5. The Hall–Kier alpha value is -3.81. The number of methoxy groups -OCH3 is 1. The predicted molar refractivity (Wildman–Crippen MR) is 138 cm³/mol. The fourth-order valence-corrected chi connectivity index (χ4v) is 3.92. The zero-order chi connectivity index (χ0) is 25.9. The number of aromatic nitrogens is 2. The zero-order valence-electron chi connectivity index (χ0n) is 20.0. The van der Waals surface area contributed by atoms with Gasteiger partial charge in [0.05, 0.1) is 18.7 Å². The first-order chi connectivity index (χ1) is 17.5. The standard InChI is InChI=1S/C25H25ClN4O5S/c1-4-22-29-30-25(36-22)28-24(31)17(15-27)12-16-13-20(26)23(21(14-16)33-5-2)35-11-10-34-19-8-6-18(32-3)7-9-19/h6-9,12-14H,4-5,10-11H2,1-3H3,(H,28,30,31)/b17-12-. The number of aryl methyl sites for hydroxylation is 1. The van der Waals surface area contributed by atoms with Crippen LogP contribution in [0.3, 0.4) is 0 Å². The lowest BCUT2D eigenvalue weighted by Gasteiger charge is -2.15. The normalized spacial score (nSPS) is 10.9. The fourth-order valence-electron chi connectivity index (χ4n) is 2.98. The molecule has 3 rings (SSSR count). The minimum Gasteiger partial charge on any atom is -0.497 e. The average Bonchev–Trinajstić information content (AvgIpc) is 3.34. The number of nitrogens with one attached hydrogen (secondary N) is 1. The molecule has 1 aromatic heterocycles. The minimum absolute atomic E-state index is 0.122. The molecule has 9 nitrogen and oxygen atoms in total.